The van der Waals surface area contributed by atoms with Crippen LogP contribution in [0.3, 0.4) is 0 Å². The largest absolute Gasteiger partial charge is 0.345 e. The van der Waals surface area contributed by atoms with E-state index in [1.54, 1.807) is 11.6 Å². The van der Waals surface area contributed by atoms with Gasteiger partial charge in [-0.15, -0.1) is 10.2 Å². The van der Waals surface area contributed by atoms with E-state index in [9.17, 15) is 9.59 Å². The van der Waals surface area contributed by atoms with Crippen LogP contribution in [0.4, 0.5) is 0 Å². The van der Waals surface area contributed by atoms with Gasteiger partial charge in [-0.2, -0.15) is 0 Å². The number of aromatic nitrogens is 3. The Bertz CT molecular complexity index is 486. The van der Waals surface area contributed by atoms with E-state index in [4.69, 9.17) is 5.73 Å². The first-order chi connectivity index (χ1) is 9.36. The minimum absolute atomic E-state index is 0.0394. The van der Waals surface area contributed by atoms with Crippen LogP contribution in [-0.2, 0) is 23.2 Å². The molecule has 1 unspecified atom stereocenters. The van der Waals surface area contributed by atoms with Gasteiger partial charge in [0.1, 0.15) is 5.82 Å². The molecule has 0 saturated heterocycles. The van der Waals surface area contributed by atoms with Crippen LogP contribution in [-0.4, -0.2) is 38.2 Å². The minimum atomic E-state index is -0.442. The van der Waals surface area contributed by atoms with Crippen LogP contribution in [0.1, 0.15) is 26.6 Å². The normalized spacial score (nSPS) is 12.5. The summed E-state index contributed by atoms with van der Waals surface area (Å²) in [7, 11) is 1.80. The Morgan fingerprint density at radius 2 is 2.05 bits per heavy atom. The number of nitrogens with two attached hydrogens (primary N) is 1. The van der Waals surface area contributed by atoms with Crippen LogP contribution in [0.2, 0.25) is 0 Å². The summed E-state index contributed by atoms with van der Waals surface area (Å²) in [5, 5.41) is 11.2. The number of amides is 1. The molecule has 8 heteroatoms. The Hall–Kier alpha value is -1.41. The Kier molecular flexibility index (Phi) is 6.15. The van der Waals surface area contributed by atoms with Gasteiger partial charge in [0.15, 0.2) is 10.9 Å². The fourth-order valence-corrected chi connectivity index (χ4v) is 2.47. The SMILES string of the molecule is CC(=O)C(NC(=O)CSc1nnc(CN)n1C)C(C)C. The number of Topliss-reactive ketones (excluding diaryl/α,β-unsaturated/α-hetero) is 1. The van der Waals surface area contributed by atoms with Crippen molar-refractivity contribution in [2.24, 2.45) is 18.7 Å². The van der Waals surface area contributed by atoms with E-state index in [1.165, 1.54) is 18.7 Å². The number of thioether (sulfide) groups is 1. The van der Waals surface area contributed by atoms with Gasteiger partial charge in [-0.05, 0) is 12.8 Å². The maximum atomic E-state index is 11.9. The minimum Gasteiger partial charge on any atom is -0.345 e. The van der Waals surface area contributed by atoms with E-state index in [0.29, 0.717) is 17.5 Å². The van der Waals surface area contributed by atoms with Gasteiger partial charge < -0.3 is 15.6 Å². The first-order valence-electron chi connectivity index (χ1n) is 6.37. The molecule has 0 radical (unpaired) electrons. The zero-order valence-electron chi connectivity index (χ0n) is 12.2. The second-order valence-corrected chi connectivity index (χ2v) is 5.79. The molecule has 3 N–H and O–H groups in total. The lowest BCUT2D eigenvalue weighted by molar-refractivity contribution is -0.126. The maximum Gasteiger partial charge on any atom is 0.231 e. The van der Waals surface area contributed by atoms with Gasteiger partial charge in [0.2, 0.25) is 5.91 Å². The molecule has 20 heavy (non-hydrogen) atoms. The summed E-state index contributed by atoms with van der Waals surface area (Å²) in [6.07, 6.45) is 0. The number of hydrogen-bond donors (Lipinski definition) is 2. The summed E-state index contributed by atoms with van der Waals surface area (Å²) in [4.78, 5) is 23.3. The summed E-state index contributed by atoms with van der Waals surface area (Å²) in [6, 6.07) is -0.442. The molecule has 1 rings (SSSR count). The smallest absolute Gasteiger partial charge is 0.231 e. The highest BCUT2D eigenvalue weighted by Crippen LogP contribution is 2.15. The molecule has 0 aliphatic carbocycles. The highest BCUT2D eigenvalue weighted by Gasteiger charge is 2.21. The number of carbonyl (C=O) groups excluding carboxylic acids is 2. The van der Waals surface area contributed by atoms with Gasteiger partial charge in [-0.25, -0.2) is 0 Å². The van der Waals surface area contributed by atoms with Crippen LogP contribution in [0.5, 0.6) is 0 Å². The zero-order valence-corrected chi connectivity index (χ0v) is 13.0. The third-order valence-electron chi connectivity index (χ3n) is 2.86. The molecule has 1 atom stereocenters. The summed E-state index contributed by atoms with van der Waals surface area (Å²) in [5.41, 5.74) is 5.50. The van der Waals surface area contributed by atoms with E-state index in [1.807, 2.05) is 13.8 Å². The molecule has 7 nitrogen and oxygen atoms in total. The summed E-state index contributed by atoms with van der Waals surface area (Å²) in [6.45, 7) is 5.58. The molecule has 0 spiro atoms. The number of nitrogens with one attached hydrogen (secondary N) is 1. The lowest BCUT2D eigenvalue weighted by Gasteiger charge is -2.19. The average molecular weight is 299 g/mol. The monoisotopic (exact) mass is 299 g/mol. The van der Waals surface area contributed by atoms with Gasteiger partial charge in [-0.1, -0.05) is 25.6 Å². The highest BCUT2D eigenvalue weighted by atomic mass is 32.2. The quantitative estimate of drug-likeness (QED) is 0.692. The summed E-state index contributed by atoms with van der Waals surface area (Å²) < 4.78 is 1.75. The number of carbonyl (C=O) groups is 2. The lowest BCUT2D eigenvalue weighted by atomic mass is 10.0. The Balaban J connectivity index is 2.54. The van der Waals surface area contributed by atoms with Crippen LogP contribution >= 0.6 is 11.8 Å². The Morgan fingerprint density at radius 1 is 1.40 bits per heavy atom. The topological polar surface area (TPSA) is 103 Å². The van der Waals surface area contributed by atoms with Gasteiger partial charge in [0.25, 0.3) is 0 Å². The third-order valence-corrected chi connectivity index (χ3v) is 3.88. The van der Waals surface area contributed by atoms with Crippen molar-refractivity contribution in [3.63, 3.8) is 0 Å². The van der Waals surface area contributed by atoms with E-state index in [0.717, 1.165) is 0 Å². The summed E-state index contributed by atoms with van der Waals surface area (Å²) in [5.74, 6) is 0.688. The fourth-order valence-electron chi connectivity index (χ4n) is 1.73. The van der Waals surface area contributed by atoms with Crippen LogP contribution in [0.15, 0.2) is 5.16 Å². The van der Waals surface area contributed by atoms with E-state index in [-0.39, 0.29) is 23.4 Å². The maximum absolute atomic E-state index is 11.9. The number of hydrogen-bond acceptors (Lipinski definition) is 6. The molecule has 1 amide bonds. The Morgan fingerprint density at radius 3 is 2.50 bits per heavy atom. The van der Waals surface area contributed by atoms with Gasteiger partial charge >= 0.3 is 0 Å². The molecular formula is C12H21N5O2S. The number of ketones is 1. The van der Waals surface area contributed by atoms with Crippen molar-refractivity contribution in [1.29, 1.82) is 0 Å². The molecule has 0 bridgehead atoms. The number of nitrogens with zero attached hydrogens (tertiary/aromatic N) is 3. The van der Waals surface area contributed by atoms with Gasteiger partial charge in [0, 0.05) is 7.05 Å². The second kappa shape index (κ2) is 7.39. The molecule has 0 saturated carbocycles. The van der Waals surface area contributed by atoms with E-state index in [2.05, 4.69) is 15.5 Å². The molecule has 1 heterocycles. The first kappa shape index (κ1) is 16.6. The van der Waals surface area contributed by atoms with Gasteiger partial charge in [-0.3, -0.25) is 9.59 Å². The molecule has 0 aliphatic rings. The molecule has 1 aromatic heterocycles. The van der Waals surface area contributed by atoms with Crippen molar-refractivity contribution in [2.45, 2.75) is 38.5 Å². The first-order valence-corrected chi connectivity index (χ1v) is 7.36. The summed E-state index contributed by atoms with van der Waals surface area (Å²) >= 11 is 1.27. The van der Waals surface area contributed by atoms with Crippen molar-refractivity contribution in [2.75, 3.05) is 5.75 Å². The van der Waals surface area contributed by atoms with Crippen molar-refractivity contribution in [3.05, 3.63) is 5.82 Å². The van der Waals surface area contributed by atoms with Crippen molar-refractivity contribution in [3.8, 4) is 0 Å². The third kappa shape index (κ3) is 4.31. The van der Waals surface area contributed by atoms with Crippen molar-refractivity contribution >= 4 is 23.5 Å². The Labute approximate surface area is 122 Å². The highest BCUT2D eigenvalue weighted by molar-refractivity contribution is 7.99. The standard InChI is InChI=1S/C12H21N5O2S/c1-7(2)11(8(3)18)14-10(19)6-20-12-16-15-9(5-13)17(12)4/h7,11H,5-6,13H2,1-4H3,(H,14,19). The van der Waals surface area contributed by atoms with E-state index < -0.39 is 6.04 Å². The van der Waals surface area contributed by atoms with Crippen LogP contribution in [0.25, 0.3) is 0 Å². The van der Waals surface area contributed by atoms with Crippen LogP contribution < -0.4 is 11.1 Å². The average Bonchev–Trinajstić information content (AvgIpc) is 2.73. The lowest BCUT2D eigenvalue weighted by Crippen LogP contribution is -2.44. The fraction of sp³-hybridized carbons (Fsp3) is 0.667. The molecular weight excluding hydrogens is 278 g/mol. The number of rotatable bonds is 7. The van der Waals surface area contributed by atoms with E-state index >= 15 is 0 Å². The molecule has 0 aliphatic heterocycles. The second-order valence-electron chi connectivity index (χ2n) is 4.85. The molecule has 0 fully saturated rings. The zero-order chi connectivity index (χ0) is 15.3. The van der Waals surface area contributed by atoms with Crippen LogP contribution in [0, 0.1) is 5.92 Å². The van der Waals surface area contributed by atoms with Gasteiger partial charge in [0.05, 0.1) is 18.3 Å². The molecule has 1 aromatic rings. The van der Waals surface area contributed by atoms with Crippen molar-refractivity contribution < 1.29 is 9.59 Å². The molecule has 112 valence electrons. The predicted molar refractivity (Wildman–Crippen MR) is 77.1 cm³/mol. The molecule has 0 aromatic carbocycles. The predicted octanol–water partition coefficient (Wildman–Crippen LogP) is 0.0957. The van der Waals surface area contributed by atoms with Crippen molar-refractivity contribution in [1.82, 2.24) is 20.1 Å².